The predicted molar refractivity (Wildman–Crippen MR) is 455 cm³/mol. The Morgan fingerprint density at radius 2 is 0.590 bits per heavy atom. The molecule has 696 valence electrons. The van der Waals surface area contributed by atoms with E-state index in [1.54, 1.807) is 88.7 Å². The van der Waals surface area contributed by atoms with Gasteiger partial charge >= 0.3 is 17.9 Å². The van der Waals surface area contributed by atoms with E-state index in [-0.39, 0.29) is 95.4 Å². The zero-order valence-corrected chi connectivity index (χ0v) is 74.5. The molecule has 0 fully saturated rings. The number of carboxylic acid groups (broad SMARTS) is 3. The number of amides is 16. The lowest BCUT2D eigenvalue weighted by Gasteiger charge is -2.31. The number of aliphatic hydroxyl groups is 1. The average molecular weight is 1780 g/mol. The van der Waals surface area contributed by atoms with E-state index in [4.69, 9.17) is 28.7 Å². The lowest BCUT2D eigenvalue weighted by atomic mass is 9.96. The highest BCUT2D eigenvalue weighted by atomic mass is 32.2. The van der Waals surface area contributed by atoms with E-state index in [1.807, 2.05) is 0 Å². The predicted octanol–water partition coefficient (Wildman–Crippen LogP) is -3.69. The van der Waals surface area contributed by atoms with Crippen LogP contribution in [0.3, 0.4) is 0 Å². The van der Waals surface area contributed by atoms with Gasteiger partial charge in [-0.05, 0) is 150 Å². The molecule has 0 aromatic heterocycles. The van der Waals surface area contributed by atoms with Crippen LogP contribution < -0.4 is 103 Å². The van der Waals surface area contributed by atoms with E-state index in [9.17, 15) is 112 Å². The number of hydrogen-bond donors (Lipinski definition) is 23. The average Bonchev–Trinajstić information content (AvgIpc) is 0.830. The van der Waals surface area contributed by atoms with Crippen LogP contribution in [0, 0.1) is 35.5 Å². The van der Waals surface area contributed by atoms with Crippen LogP contribution in [0.5, 0.6) is 0 Å². The van der Waals surface area contributed by atoms with Gasteiger partial charge < -0.3 is 124 Å². The fraction of sp³-hybridized carbons (Fsp3) is 0.756. The quantitative estimate of drug-likeness (QED) is 0.0261. The molecule has 0 aliphatic rings. The molecular formula is C78H139N19O23S2. The monoisotopic (exact) mass is 1770 g/mol. The Bertz CT molecular complexity index is 3460. The molecule has 16 amide bonds. The van der Waals surface area contributed by atoms with E-state index in [0.717, 1.165) is 0 Å². The summed E-state index contributed by atoms with van der Waals surface area (Å²) in [5.41, 5.74) is 28.3. The largest absolute Gasteiger partial charge is 0.481 e. The Kier molecular flexibility index (Phi) is 55.4. The van der Waals surface area contributed by atoms with E-state index in [0.29, 0.717) is 31.4 Å². The van der Waals surface area contributed by atoms with Gasteiger partial charge in [-0.25, -0.2) is 4.79 Å². The molecule has 0 radical (unpaired) electrons. The number of rotatable bonds is 65. The SMILES string of the molecule is CC[C@H](C)[C@H](NC(=O)[C@H](CO)NC(=O)[C@H](CC(=O)O)NC(=O)[C@H](CC(C)C)NC(=O)[C@H](CCC(N)=O)NC(=O)[C@@H](NC(=O)[C@H](CCSC)NC(=O)[C@H](CCCCN)NC(=O)[C@H](CC(C)C)NC(=O)[C@@H](NC(=O)[C@H](CCSC)NC(=O)[C@H](CCCCN)NC(=O)[C@@H](NC(=O)[C@H](CC(=O)O)NC(=O)[C@@H](N)CCC(N)=O)[C@@H](C)CC)[C@@H](C)CC)C(C)C)C(=O)O. The number of hydrogen-bond acceptors (Lipinski definition) is 25. The van der Waals surface area contributed by atoms with Gasteiger partial charge in [0.2, 0.25) is 94.5 Å². The van der Waals surface area contributed by atoms with Gasteiger partial charge in [0, 0.05) is 12.8 Å². The number of unbranched alkanes of at least 4 members (excludes halogenated alkanes) is 2. The minimum Gasteiger partial charge on any atom is -0.481 e. The second kappa shape index (κ2) is 60.1. The molecule has 122 heavy (non-hydrogen) atoms. The summed E-state index contributed by atoms with van der Waals surface area (Å²) >= 11 is 2.63. The standard InChI is InChI=1S/C78H139N19O23S2/c1-15-42(10)61(96-73(114)54(37-59(103)104)89-64(105)45(81)24-26-56(82)99)76(117)87-47(23-19-21-31-80)66(107)86-50(29-33-122-14)69(110)95-62(43(11)16-2)77(118)92-52(35-40(6)7)70(111)84-46(22-18-20-30-79)65(106)85-49(28-32-121-13)68(109)94-60(41(8)9)75(116)88-48(25-27-57(83)100)67(108)90-51(34-39(4)5)71(112)91-53(36-58(101)102)72(113)93-55(38-98)74(115)97-63(78(119)120)44(12)17-3/h39-55,60-63,98H,15-38,79-81H2,1-14H3,(H2,82,99)(H2,83,100)(H,84,111)(H,85,106)(H,86,107)(H,87,117)(H,88,116)(H,89,105)(H,90,108)(H,91,112)(H,92,118)(H,93,113)(H,94,109)(H,95,110)(H,96,114)(H,97,115)(H,101,102)(H,103,104)(H,119,120)/t42-,43-,44-,45-,46-,47-,48-,49-,50-,51-,52-,53-,54-,55-,60-,61-,62-,63-/m0/s1. The molecule has 0 rings (SSSR count). The van der Waals surface area contributed by atoms with Gasteiger partial charge in [0.25, 0.3) is 0 Å². The van der Waals surface area contributed by atoms with Crippen LogP contribution in [0.4, 0.5) is 0 Å². The molecule has 0 unspecified atom stereocenters. The molecule has 44 heteroatoms. The first-order chi connectivity index (χ1) is 57.2. The number of nitrogens with two attached hydrogens (primary N) is 5. The second-order valence-electron chi connectivity index (χ2n) is 31.7. The maximum absolute atomic E-state index is 14.8. The van der Waals surface area contributed by atoms with Crippen molar-refractivity contribution in [3.05, 3.63) is 0 Å². The van der Waals surface area contributed by atoms with Gasteiger partial charge in [-0.2, -0.15) is 23.5 Å². The molecule has 0 aliphatic heterocycles. The molecule has 0 bridgehead atoms. The smallest absolute Gasteiger partial charge is 0.326 e. The highest BCUT2D eigenvalue weighted by Crippen LogP contribution is 2.19. The van der Waals surface area contributed by atoms with Crippen LogP contribution in [0.2, 0.25) is 0 Å². The van der Waals surface area contributed by atoms with E-state index >= 15 is 0 Å². The minimum absolute atomic E-state index is 0.00601. The third-order valence-electron chi connectivity index (χ3n) is 20.1. The van der Waals surface area contributed by atoms with Crippen molar-refractivity contribution in [3.63, 3.8) is 0 Å². The summed E-state index contributed by atoms with van der Waals surface area (Å²) in [6.07, 6.45) is 1.77. The zero-order chi connectivity index (χ0) is 93.4. The maximum Gasteiger partial charge on any atom is 0.326 e. The van der Waals surface area contributed by atoms with Crippen LogP contribution >= 0.6 is 23.5 Å². The van der Waals surface area contributed by atoms with Gasteiger partial charge in [0.15, 0.2) is 0 Å². The molecule has 0 saturated carbocycles. The number of thioether (sulfide) groups is 2. The first kappa shape index (κ1) is 112. The minimum atomic E-state index is -1.97. The molecule has 18 atom stereocenters. The number of primary amides is 2. The Morgan fingerprint density at radius 3 is 0.934 bits per heavy atom. The molecule has 0 heterocycles. The number of carboxylic acids is 3. The van der Waals surface area contributed by atoms with Gasteiger partial charge in [0.1, 0.15) is 84.6 Å². The number of carbonyl (C=O) groups excluding carboxylic acids is 16. The molecule has 28 N–H and O–H groups in total. The number of carbonyl (C=O) groups is 19. The van der Waals surface area contributed by atoms with Crippen molar-refractivity contribution in [1.29, 1.82) is 0 Å². The summed E-state index contributed by atoms with van der Waals surface area (Å²) in [5, 5.41) is 74.7. The lowest BCUT2D eigenvalue weighted by Crippen LogP contribution is -2.62. The highest BCUT2D eigenvalue weighted by Gasteiger charge is 2.41. The Morgan fingerprint density at radius 1 is 0.320 bits per heavy atom. The van der Waals surface area contributed by atoms with Crippen molar-refractivity contribution in [2.45, 2.75) is 296 Å². The molecule has 0 aliphatic carbocycles. The summed E-state index contributed by atoms with van der Waals surface area (Å²) in [7, 11) is 0. The topological polar surface area (TPSA) is 704 Å². The summed E-state index contributed by atoms with van der Waals surface area (Å²) < 4.78 is 0. The van der Waals surface area contributed by atoms with Crippen molar-refractivity contribution in [2.75, 3.05) is 43.7 Å². The van der Waals surface area contributed by atoms with Crippen LogP contribution in [0.15, 0.2) is 0 Å². The Labute approximate surface area is 722 Å². The van der Waals surface area contributed by atoms with Crippen LogP contribution in [-0.4, -0.2) is 267 Å². The molecule has 0 spiro atoms. The summed E-state index contributed by atoms with van der Waals surface area (Å²) in [4.78, 5) is 258. The van der Waals surface area contributed by atoms with E-state index < -0.39 is 265 Å². The third-order valence-corrected chi connectivity index (χ3v) is 21.4. The number of aliphatic carboxylic acids is 3. The van der Waals surface area contributed by atoms with Gasteiger partial charge in [-0.3, -0.25) is 86.3 Å². The molecule has 0 aromatic rings. The van der Waals surface area contributed by atoms with Crippen LogP contribution in [-0.2, 0) is 91.1 Å². The van der Waals surface area contributed by atoms with Crippen LogP contribution in [0.25, 0.3) is 0 Å². The molecule has 0 aromatic carbocycles. The second-order valence-corrected chi connectivity index (χ2v) is 33.7. The Hall–Kier alpha value is -9.53. The molecular weight excluding hydrogens is 1640 g/mol. The molecule has 42 nitrogen and oxygen atoms in total. The van der Waals surface area contributed by atoms with Crippen LogP contribution in [0.1, 0.15) is 205 Å². The third kappa shape index (κ3) is 43.5. The summed E-state index contributed by atoms with van der Waals surface area (Å²) in [5.74, 6) is -22.7. The lowest BCUT2D eigenvalue weighted by molar-refractivity contribution is -0.144. The van der Waals surface area contributed by atoms with Crippen molar-refractivity contribution < 1.29 is 112 Å². The normalized spacial score (nSPS) is 15.7. The van der Waals surface area contributed by atoms with Gasteiger partial charge in [-0.15, -0.1) is 0 Å². The van der Waals surface area contributed by atoms with Crippen molar-refractivity contribution >= 4 is 136 Å². The maximum atomic E-state index is 14.8. The van der Waals surface area contributed by atoms with Gasteiger partial charge in [-0.1, -0.05) is 102 Å². The summed E-state index contributed by atoms with van der Waals surface area (Å²) in [6, 6.07) is -22.9. The number of nitrogens with one attached hydrogen (secondary N) is 14. The fourth-order valence-corrected chi connectivity index (χ4v) is 13.2. The van der Waals surface area contributed by atoms with Gasteiger partial charge in [0.05, 0.1) is 25.5 Å². The van der Waals surface area contributed by atoms with Crippen molar-refractivity contribution in [3.8, 4) is 0 Å². The fourth-order valence-electron chi connectivity index (χ4n) is 12.2. The first-order valence-electron chi connectivity index (χ1n) is 41.5. The van der Waals surface area contributed by atoms with E-state index in [2.05, 4.69) is 74.4 Å². The summed E-state index contributed by atoms with van der Waals surface area (Å²) in [6.45, 7) is 19.1. The van der Waals surface area contributed by atoms with E-state index in [1.165, 1.54) is 30.4 Å². The highest BCUT2D eigenvalue weighted by molar-refractivity contribution is 7.98. The first-order valence-corrected chi connectivity index (χ1v) is 44.2. The number of aliphatic hydroxyl groups excluding tert-OH is 1. The molecule has 0 saturated heterocycles. The zero-order valence-electron chi connectivity index (χ0n) is 72.8. The Balaban J connectivity index is 7.28. The van der Waals surface area contributed by atoms with Crippen molar-refractivity contribution in [1.82, 2.24) is 74.4 Å². The van der Waals surface area contributed by atoms with Crippen molar-refractivity contribution in [2.24, 2.45) is 64.2 Å².